The van der Waals surface area contributed by atoms with Crippen LogP contribution in [0.3, 0.4) is 0 Å². The second-order valence-electron chi connectivity index (χ2n) is 7.50. The highest BCUT2D eigenvalue weighted by Crippen LogP contribution is 2.31. The van der Waals surface area contributed by atoms with Crippen molar-refractivity contribution >= 4 is 11.7 Å². The minimum atomic E-state index is -0.259. The van der Waals surface area contributed by atoms with E-state index in [9.17, 15) is 14.0 Å². The molecule has 1 unspecified atom stereocenters. The van der Waals surface area contributed by atoms with Crippen LogP contribution >= 0.6 is 0 Å². The van der Waals surface area contributed by atoms with Crippen molar-refractivity contribution in [2.24, 2.45) is 0 Å². The minimum Gasteiger partial charge on any atom is -0.486 e. The molecule has 29 heavy (non-hydrogen) atoms. The van der Waals surface area contributed by atoms with Crippen LogP contribution in [0.2, 0.25) is 0 Å². The summed E-state index contributed by atoms with van der Waals surface area (Å²) in [6.45, 7) is 1.68. The van der Waals surface area contributed by atoms with Crippen molar-refractivity contribution in [2.45, 2.75) is 38.1 Å². The van der Waals surface area contributed by atoms with Gasteiger partial charge in [-0.25, -0.2) is 4.39 Å². The lowest BCUT2D eigenvalue weighted by Crippen LogP contribution is -2.36. The number of nitrogens with zero attached hydrogens (tertiary/aromatic N) is 1. The van der Waals surface area contributed by atoms with Crippen LogP contribution in [0.15, 0.2) is 42.5 Å². The summed E-state index contributed by atoms with van der Waals surface area (Å²) in [5.74, 6) is 0.882. The number of carbonyl (C=O) groups excluding carboxylic acids is 2. The van der Waals surface area contributed by atoms with E-state index in [1.807, 2.05) is 4.90 Å². The van der Waals surface area contributed by atoms with Gasteiger partial charge >= 0.3 is 0 Å². The molecule has 2 aliphatic heterocycles. The molecular formula is C23H24FNO4. The van der Waals surface area contributed by atoms with Crippen LogP contribution in [-0.4, -0.2) is 42.4 Å². The summed E-state index contributed by atoms with van der Waals surface area (Å²) in [6, 6.07) is 11.7. The van der Waals surface area contributed by atoms with E-state index in [-0.39, 0.29) is 36.4 Å². The van der Waals surface area contributed by atoms with Crippen molar-refractivity contribution in [2.75, 3.05) is 19.8 Å². The number of fused-ring (bicyclic) bond motifs is 1. The van der Waals surface area contributed by atoms with Gasteiger partial charge in [0.15, 0.2) is 17.3 Å². The number of carbonyl (C=O) groups is 2. The SMILES string of the molecule is O=C(CCC(=O)N1CCCC1Cc1ccc(F)cc1)c1ccc2c(c1)OCCO2. The fourth-order valence-corrected chi connectivity index (χ4v) is 3.99. The van der Waals surface area contributed by atoms with Gasteiger partial charge < -0.3 is 14.4 Å². The van der Waals surface area contributed by atoms with E-state index in [0.717, 1.165) is 18.4 Å². The van der Waals surface area contributed by atoms with E-state index in [0.29, 0.717) is 43.2 Å². The summed E-state index contributed by atoms with van der Waals surface area (Å²) in [5.41, 5.74) is 1.55. The third-order valence-corrected chi connectivity index (χ3v) is 5.51. The van der Waals surface area contributed by atoms with E-state index >= 15 is 0 Å². The van der Waals surface area contributed by atoms with Crippen LogP contribution in [0, 0.1) is 5.82 Å². The zero-order valence-electron chi connectivity index (χ0n) is 16.2. The van der Waals surface area contributed by atoms with Gasteiger partial charge in [0, 0.05) is 31.0 Å². The number of Topliss-reactive ketones (excluding diaryl/α,β-unsaturated/α-hetero) is 1. The summed E-state index contributed by atoms with van der Waals surface area (Å²) in [5, 5.41) is 0. The molecule has 4 rings (SSSR count). The Bertz CT molecular complexity index is 896. The maximum atomic E-state index is 13.1. The third-order valence-electron chi connectivity index (χ3n) is 5.51. The van der Waals surface area contributed by atoms with Gasteiger partial charge in [-0.2, -0.15) is 0 Å². The molecule has 0 saturated carbocycles. The second-order valence-corrected chi connectivity index (χ2v) is 7.50. The molecule has 152 valence electrons. The molecule has 1 atom stereocenters. The lowest BCUT2D eigenvalue weighted by atomic mass is 10.0. The predicted molar refractivity (Wildman–Crippen MR) is 106 cm³/mol. The molecular weight excluding hydrogens is 373 g/mol. The molecule has 1 amide bonds. The molecule has 6 heteroatoms. The number of ketones is 1. The third kappa shape index (κ3) is 4.58. The Hall–Kier alpha value is -2.89. The summed E-state index contributed by atoms with van der Waals surface area (Å²) in [4.78, 5) is 27.2. The first kappa shape index (κ1) is 19.4. The first-order valence-electron chi connectivity index (χ1n) is 10.1. The van der Waals surface area contributed by atoms with Crippen LogP contribution in [0.25, 0.3) is 0 Å². The van der Waals surface area contributed by atoms with E-state index < -0.39 is 0 Å². The average Bonchev–Trinajstić information content (AvgIpc) is 3.21. The summed E-state index contributed by atoms with van der Waals surface area (Å²) in [7, 11) is 0. The van der Waals surface area contributed by atoms with Crippen molar-refractivity contribution in [1.82, 2.24) is 4.90 Å². The van der Waals surface area contributed by atoms with Gasteiger partial charge in [0.1, 0.15) is 19.0 Å². The second kappa shape index (κ2) is 8.64. The number of benzene rings is 2. The number of rotatable bonds is 6. The van der Waals surface area contributed by atoms with Crippen molar-refractivity contribution < 1.29 is 23.5 Å². The van der Waals surface area contributed by atoms with Crippen molar-refractivity contribution in [1.29, 1.82) is 0 Å². The molecule has 0 aliphatic carbocycles. The first-order chi connectivity index (χ1) is 14.1. The molecule has 1 fully saturated rings. The molecule has 0 aromatic heterocycles. The van der Waals surface area contributed by atoms with Crippen LogP contribution in [0.4, 0.5) is 4.39 Å². The van der Waals surface area contributed by atoms with Gasteiger partial charge in [0.05, 0.1) is 0 Å². The maximum Gasteiger partial charge on any atom is 0.223 e. The molecule has 2 aromatic rings. The van der Waals surface area contributed by atoms with Crippen LogP contribution < -0.4 is 9.47 Å². The largest absolute Gasteiger partial charge is 0.486 e. The molecule has 1 saturated heterocycles. The monoisotopic (exact) mass is 397 g/mol. The van der Waals surface area contributed by atoms with Crippen LogP contribution in [-0.2, 0) is 11.2 Å². The Morgan fingerprint density at radius 3 is 2.55 bits per heavy atom. The number of halogens is 1. The number of ether oxygens (including phenoxy) is 2. The van der Waals surface area contributed by atoms with E-state index in [1.54, 1.807) is 30.3 Å². The smallest absolute Gasteiger partial charge is 0.223 e. The number of hydrogen-bond acceptors (Lipinski definition) is 4. The lowest BCUT2D eigenvalue weighted by molar-refractivity contribution is -0.131. The van der Waals surface area contributed by atoms with Gasteiger partial charge in [-0.05, 0) is 55.2 Å². The number of hydrogen-bond donors (Lipinski definition) is 0. The normalized spacial score (nSPS) is 18.0. The fraction of sp³-hybridized carbons (Fsp3) is 0.391. The number of amides is 1. The van der Waals surface area contributed by atoms with E-state index in [2.05, 4.69) is 0 Å². The zero-order chi connectivity index (χ0) is 20.2. The highest BCUT2D eigenvalue weighted by molar-refractivity contribution is 5.98. The van der Waals surface area contributed by atoms with Crippen LogP contribution in [0.5, 0.6) is 11.5 Å². The Kier molecular flexibility index (Phi) is 5.79. The molecule has 2 aliphatic rings. The van der Waals surface area contributed by atoms with Gasteiger partial charge in [-0.3, -0.25) is 9.59 Å². The molecule has 0 radical (unpaired) electrons. The predicted octanol–water partition coefficient (Wildman–Crippen LogP) is 3.79. The highest BCUT2D eigenvalue weighted by Gasteiger charge is 2.29. The highest BCUT2D eigenvalue weighted by atomic mass is 19.1. The Morgan fingerprint density at radius 2 is 1.76 bits per heavy atom. The summed E-state index contributed by atoms with van der Waals surface area (Å²) < 4.78 is 24.1. The standard InChI is InChI=1S/C23H24FNO4/c24-18-6-3-16(4-7-18)14-19-2-1-11-25(19)23(27)10-8-20(26)17-5-9-21-22(15-17)29-13-12-28-21/h3-7,9,15,19H,1-2,8,10-14H2. The van der Waals surface area contributed by atoms with Gasteiger partial charge in [0.25, 0.3) is 0 Å². The first-order valence-corrected chi connectivity index (χ1v) is 10.1. The van der Waals surface area contributed by atoms with Crippen LogP contribution in [0.1, 0.15) is 41.6 Å². The van der Waals surface area contributed by atoms with E-state index in [4.69, 9.17) is 9.47 Å². The quantitative estimate of drug-likeness (QED) is 0.696. The number of likely N-dealkylation sites (tertiary alicyclic amines) is 1. The van der Waals surface area contributed by atoms with Gasteiger partial charge in [-0.15, -0.1) is 0 Å². The topological polar surface area (TPSA) is 55.8 Å². The fourth-order valence-electron chi connectivity index (χ4n) is 3.99. The molecule has 0 spiro atoms. The Balaban J connectivity index is 1.33. The van der Waals surface area contributed by atoms with E-state index in [1.165, 1.54) is 12.1 Å². The van der Waals surface area contributed by atoms with Gasteiger partial charge in [-0.1, -0.05) is 12.1 Å². The summed E-state index contributed by atoms with van der Waals surface area (Å²) in [6.07, 6.45) is 2.94. The van der Waals surface area contributed by atoms with Crippen molar-refractivity contribution in [3.63, 3.8) is 0 Å². The molecule has 5 nitrogen and oxygen atoms in total. The average molecular weight is 397 g/mol. The molecule has 2 aromatic carbocycles. The Morgan fingerprint density at radius 1 is 1.00 bits per heavy atom. The van der Waals surface area contributed by atoms with Gasteiger partial charge in [0.2, 0.25) is 5.91 Å². The molecule has 2 heterocycles. The van der Waals surface area contributed by atoms with Crippen molar-refractivity contribution in [3.05, 3.63) is 59.4 Å². The lowest BCUT2D eigenvalue weighted by Gasteiger charge is -2.25. The molecule has 0 bridgehead atoms. The minimum absolute atomic E-state index is 0.000468. The summed E-state index contributed by atoms with van der Waals surface area (Å²) >= 11 is 0. The maximum absolute atomic E-state index is 13.1. The molecule has 0 N–H and O–H groups in total. The zero-order valence-corrected chi connectivity index (χ0v) is 16.2. The Labute approximate surface area is 169 Å². The van der Waals surface area contributed by atoms with Crippen molar-refractivity contribution in [3.8, 4) is 11.5 Å².